The second-order valence-corrected chi connectivity index (χ2v) is 10.2. The summed E-state index contributed by atoms with van der Waals surface area (Å²) in [6.07, 6.45) is 6.54. The van der Waals surface area contributed by atoms with E-state index in [-0.39, 0.29) is 17.9 Å². The predicted molar refractivity (Wildman–Crippen MR) is 146 cm³/mol. The van der Waals surface area contributed by atoms with Crippen molar-refractivity contribution in [1.82, 2.24) is 5.32 Å². The van der Waals surface area contributed by atoms with E-state index in [4.69, 9.17) is 4.74 Å². The number of carbonyl (C=O) groups excluding carboxylic acids is 2. The quantitative estimate of drug-likeness (QED) is 0.511. The van der Waals surface area contributed by atoms with Gasteiger partial charge in [-0.05, 0) is 56.5 Å². The normalized spacial score (nSPS) is 16.3. The summed E-state index contributed by atoms with van der Waals surface area (Å²) in [6, 6.07) is 13.8. The molecule has 0 bridgehead atoms. The van der Waals surface area contributed by atoms with Crippen LogP contribution in [0.1, 0.15) is 62.7 Å². The molecule has 2 aromatic carbocycles. The molecule has 0 atom stereocenters. The first-order valence-corrected chi connectivity index (χ1v) is 13.3. The van der Waals surface area contributed by atoms with Crippen molar-refractivity contribution in [2.45, 2.75) is 58.4 Å². The highest BCUT2D eigenvalue weighted by Crippen LogP contribution is 2.32. The molecule has 194 valence electrons. The van der Waals surface area contributed by atoms with Crippen LogP contribution in [-0.4, -0.2) is 51.1 Å². The third-order valence-electron chi connectivity index (χ3n) is 7.25. The highest BCUT2D eigenvalue weighted by Gasteiger charge is 2.24. The van der Waals surface area contributed by atoms with Crippen LogP contribution in [0.4, 0.5) is 17.1 Å². The molecule has 1 aliphatic carbocycles. The molecule has 2 amide bonds. The minimum Gasteiger partial charge on any atom is -0.495 e. The van der Waals surface area contributed by atoms with Crippen LogP contribution in [0.5, 0.6) is 5.75 Å². The monoisotopic (exact) mass is 492 g/mol. The molecule has 1 saturated carbocycles. The molecule has 4 rings (SSSR count). The van der Waals surface area contributed by atoms with Crippen LogP contribution >= 0.6 is 0 Å². The molecule has 0 unspecified atom stereocenters. The van der Waals surface area contributed by atoms with Gasteiger partial charge in [0, 0.05) is 50.0 Å². The zero-order chi connectivity index (χ0) is 25.5. The summed E-state index contributed by atoms with van der Waals surface area (Å²) in [5, 5.41) is 6.05. The molecule has 36 heavy (non-hydrogen) atoms. The molecule has 1 saturated heterocycles. The van der Waals surface area contributed by atoms with Gasteiger partial charge < -0.3 is 25.2 Å². The molecular weight excluding hydrogens is 452 g/mol. The number of anilines is 3. The lowest BCUT2D eigenvalue weighted by Crippen LogP contribution is -2.47. The van der Waals surface area contributed by atoms with Crippen molar-refractivity contribution in [2.75, 3.05) is 48.4 Å². The van der Waals surface area contributed by atoms with E-state index in [1.165, 1.54) is 25.7 Å². The Morgan fingerprint density at radius 1 is 0.972 bits per heavy atom. The van der Waals surface area contributed by atoms with Crippen molar-refractivity contribution in [1.29, 1.82) is 0 Å². The fourth-order valence-corrected chi connectivity index (χ4v) is 5.35. The SMILES string of the molecule is COc1ccccc1N1CCN(c2ccc(NC(=O)CCC3CCCC3)cc2C(=O)NC(C)C)CC1. The average Bonchev–Trinajstić information content (AvgIpc) is 3.41. The summed E-state index contributed by atoms with van der Waals surface area (Å²) in [7, 11) is 1.70. The second kappa shape index (κ2) is 12.2. The van der Waals surface area contributed by atoms with Crippen LogP contribution in [0.3, 0.4) is 0 Å². The van der Waals surface area contributed by atoms with Crippen LogP contribution in [0.15, 0.2) is 42.5 Å². The summed E-state index contributed by atoms with van der Waals surface area (Å²) in [4.78, 5) is 30.3. The van der Waals surface area contributed by atoms with Gasteiger partial charge in [-0.25, -0.2) is 0 Å². The first-order valence-electron chi connectivity index (χ1n) is 13.3. The third kappa shape index (κ3) is 6.50. The maximum atomic E-state index is 13.1. The molecule has 1 heterocycles. The summed E-state index contributed by atoms with van der Waals surface area (Å²) < 4.78 is 5.55. The van der Waals surface area contributed by atoms with Gasteiger partial charge in [0.25, 0.3) is 5.91 Å². The standard InChI is InChI=1S/C29H40N4O3/c1-21(2)30-29(35)24-20-23(31-28(34)15-12-22-8-4-5-9-22)13-14-25(24)32-16-18-33(19-17-32)26-10-6-7-11-27(26)36-3/h6-7,10-11,13-14,20-22H,4-5,8-9,12,15-19H2,1-3H3,(H,30,35)(H,31,34). The number of nitrogens with zero attached hydrogens (tertiary/aromatic N) is 2. The van der Waals surface area contributed by atoms with E-state index in [0.717, 1.165) is 49.7 Å². The lowest BCUT2D eigenvalue weighted by atomic mass is 10.0. The summed E-state index contributed by atoms with van der Waals surface area (Å²) in [6.45, 7) is 7.13. The minimum atomic E-state index is -0.116. The van der Waals surface area contributed by atoms with Crippen molar-refractivity contribution >= 4 is 28.9 Å². The Bertz CT molecular complexity index is 1040. The number of methoxy groups -OCH3 is 1. The van der Waals surface area contributed by atoms with Crippen LogP contribution < -0.4 is 25.2 Å². The van der Waals surface area contributed by atoms with Crippen LogP contribution in [0, 0.1) is 5.92 Å². The van der Waals surface area contributed by atoms with Gasteiger partial charge in [-0.15, -0.1) is 0 Å². The number of benzene rings is 2. The first kappa shape index (κ1) is 25.9. The Kier molecular flexibility index (Phi) is 8.73. The zero-order valence-electron chi connectivity index (χ0n) is 21.9. The number of amides is 2. The maximum absolute atomic E-state index is 13.1. The molecular formula is C29H40N4O3. The summed E-state index contributed by atoms with van der Waals surface area (Å²) in [5.41, 5.74) is 3.27. The van der Waals surface area contributed by atoms with Gasteiger partial charge in [0.05, 0.1) is 18.4 Å². The number of para-hydroxylation sites is 2. The molecule has 7 heteroatoms. The smallest absolute Gasteiger partial charge is 0.253 e. The average molecular weight is 493 g/mol. The number of nitrogens with one attached hydrogen (secondary N) is 2. The molecule has 2 aromatic rings. The Morgan fingerprint density at radius 3 is 2.31 bits per heavy atom. The van der Waals surface area contributed by atoms with Crippen LogP contribution in [0.2, 0.25) is 0 Å². The topological polar surface area (TPSA) is 73.9 Å². The summed E-state index contributed by atoms with van der Waals surface area (Å²) >= 11 is 0. The van der Waals surface area contributed by atoms with Crippen molar-refractivity contribution in [3.05, 3.63) is 48.0 Å². The largest absolute Gasteiger partial charge is 0.495 e. The zero-order valence-corrected chi connectivity index (χ0v) is 21.9. The number of piperazine rings is 1. The minimum absolute atomic E-state index is 0.0234. The number of rotatable bonds is 9. The van der Waals surface area contributed by atoms with Crippen molar-refractivity contribution in [3.63, 3.8) is 0 Å². The number of hydrogen-bond donors (Lipinski definition) is 2. The van der Waals surface area contributed by atoms with Gasteiger partial charge in [0.1, 0.15) is 5.75 Å². The molecule has 2 aliphatic rings. The van der Waals surface area contributed by atoms with Crippen molar-refractivity contribution < 1.29 is 14.3 Å². The highest BCUT2D eigenvalue weighted by atomic mass is 16.5. The van der Waals surface area contributed by atoms with Gasteiger partial charge in [-0.1, -0.05) is 37.8 Å². The Labute approximate surface area is 215 Å². The Balaban J connectivity index is 1.46. The molecule has 0 aromatic heterocycles. The van der Waals surface area contributed by atoms with Gasteiger partial charge >= 0.3 is 0 Å². The molecule has 0 radical (unpaired) electrons. The first-order chi connectivity index (χ1) is 17.4. The lowest BCUT2D eigenvalue weighted by molar-refractivity contribution is -0.116. The predicted octanol–water partition coefficient (Wildman–Crippen LogP) is 5.07. The van der Waals surface area contributed by atoms with Crippen LogP contribution in [0.25, 0.3) is 0 Å². The van der Waals surface area contributed by atoms with Crippen LogP contribution in [-0.2, 0) is 4.79 Å². The van der Waals surface area contributed by atoms with Gasteiger partial charge in [0.15, 0.2) is 0 Å². The van der Waals surface area contributed by atoms with E-state index in [1.54, 1.807) is 7.11 Å². The number of hydrogen-bond acceptors (Lipinski definition) is 5. The molecule has 2 N–H and O–H groups in total. The Morgan fingerprint density at radius 2 is 1.64 bits per heavy atom. The van der Waals surface area contributed by atoms with Gasteiger partial charge in [0.2, 0.25) is 5.91 Å². The van der Waals surface area contributed by atoms with E-state index in [9.17, 15) is 9.59 Å². The van der Waals surface area contributed by atoms with Crippen molar-refractivity contribution in [3.8, 4) is 5.75 Å². The Hall–Kier alpha value is -3.22. The molecule has 2 fully saturated rings. The third-order valence-corrected chi connectivity index (χ3v) is 7.25. The second-order valence-electron chi connectivity index (χ2n) is 10.2. The lowest BCUT2D eigenvalue weighted by Gasteiger charge is -2.38. The van der Waals surface area contributed by atoms with E-state index in [2.05, 4.69) is 26.5 Å². The van der Waals surface area contributed by atoms with E-state index >= 15 is 0 Å². The fraction of sp³-hybridized carbons (Fsp3) is 0.517. The van der Waals surface area contributed by atoms with Gasteiger partial charge in [-0.3, -0.25) is 9.59 Å². The van der Waals surface area contributed by atoms with Gasteiger partial charge in [-0.2, -0.15) is 0 Å². The summed E-state index contributed by atoms with van der Waals surface area (Å²) in [5.74, 6) is 1.46. The maximum Gasteiger partial charge on any atom is 0.253 e. The van der Waals surface area contributed by atoms with E-state index in [0.29, 0.717) is 23.6 Å². The number of carbonyl (C=O) groups is 2. The van der Waals surface area contributed by atoms with Crippen molar-refractivity contribution in [2.24, 2.45) is 5.92 Å². The molecule has 7 nitrogen and oxygen atoms in total. The highest BCUT2D eigenvalue weighted by molar-refractivity contribution is 6.02. The fourth-order valence-electron chi connectivity index (χ4n) is 5.35. The number of ether oxygens (including phenoxy) is 1. The van der Waals surface area contributed by atoms with E-state index < -0.39 is 0 Å². The molecule has 1 aliphatic heterocycles. The van der Waals surface area contributed by atoms with E-state index in [1.807, 2.05) is 50.2 Å². The molecule has 0 spiro atoms.